The highest BCUT2D eigenvalue weighted by Crippen LogP contribution is 2.29. The quantitative estimate of drug-likeness (QED) is 0.620. The van der Waals surface area contributed by atoms with Crippen molar-refractivity contribution in [3.05, 3.63) is 71.7 Å². The van der Waals surface area contributed by atoms with Crippen molar-refractivity contribution in [1.29, 1.82) is 0 Å². The first-order valence-electron chi connectivity index (χ1n) is 7.74. The number of rotatable bonds is 3. The van der Waals surface area contributed by atoms with Gasteiger partial charge in [0, 0.05) is 33.6 Å². The number of carbonyl (C=O) groups is 1. The molecule has 0 radical (unpaired) electrons. The minimum Gasteiger partial charge on any atom is -0.342 e. The van der Waals surface area contributed by atoms with E-state index >= 15 is 0 Å². The zero-order valence-electron chi connectivity index (χ0n) is 13.6. The fourth-order valence-corrected chi connectivity index (χ4v) is 2.77. The Hall–Kier alpha value is -2.42. The first-order chi connectivity index (χ1) is 10.9. The SMILES string of the molecule is CC(C)(C)C(=O)c1cn(Cc2ccccc2F)c2ccccc12. The second-order valence-corrected chi connectivity index (χ2v) is 6.86. The molecule has 0 saturated carbocycles. The monoisotopic (exact) mass is 309 g/mol. The van der Waals surface area contributed by atoms with Gasteiger partial charge in [-0.25, -0.2) is 4.39 Å². The molecule has 2 nitrogen and oxygen atoms in total. The summed E-state index contributed by atoms with van der Waals surface area (Å²) in [4.78, 5) is 12.7. The van der Waals surface area contributed by atoms with Gasteiger partial charge in [-0.05, 0) is 12.1 Å². The Kier molecular flexibility index (Phi) is 3.80. The van der Waals surface area contributed by atoms with Gasteiger partial charge in [-0.15, -0.1) is 0 Å². The van der Waals surface area contributed by atoms with Crippen molar-refractivity contribution in [3.63, 3.8) is 0 Å². The van der Waals surface area contributed by atoms with Crippen LogP contribution in [0.1, 0.15) is 36.7 Å². The maximum Gasteiger partial charge on any atom is 0.170 e. The van der Waals surface area contributed by atoms with Gasteiger partial charge < -0.3 is 4.57 Å². The molecular formula is C20H20FNO. The summed E-state index contributed by atoms with van der Waals surface area (Å²) in [7, 11) is 0. The molecule has 118 valence electrons. The van der Waals surface area contributed by atoms with Crippen LogP contribution >= 0.6 is 0 Å². The summed E-state index contributed by atoms with van der Waals surface area (Å²) in [5.41, 5.74) is 1.81. The zero-order valence-corrected chi connectivity index (χ0v) is 13.6. The number of para-hydroxylation sites is 1. The highest BCUT2D eigenvalue weighted by Gasteiger charge is 2.26. The van der Waals surface area contributed by atoms with Crippen LogP contribution in [-0.4, -0.2) is 10.4 Å². The molecule has 23 heavy (non-hydrogen) atoms. The van der Waals surface area contributed by atoms with Crippen LogP contribution < -0.4 is 0 Å². The largest absolute Gasteiger partial charge is 0.342 e. The molecule has 0 atom stereocenters. The van der Waals surface area contributed by atoms with E-state index in [2.05, 4.69) is 0 Å². The number of benzene rings is 2. The lowest BCUT2D eigenvalue weighted by atomic mass is 9.86. The van der Waals surface area contributed by atoms with Gasteiger partial charge in [-0.2, -0.15) is 0 Å². The molecule has 0 unspecified atom stereocenters. The lowest BCUT2D eigenvalue weighted by Crippen LogP contribution is -2.19. The number of hydrogen-bond acceptors (Lipinski definition) is 1. The van der Waals surface area contributed by atoms with Crippen LogP contribution in [0.2, 0.25) is 0 Å². The number of halogens is 1. The molecule has 0 aliphatic heterocycles. The lowest BCUT2D eigenvalue weighted by molar-refractivity contribution is 0.0860. The molecule has 1 aromatic heterocycles. The predicted octanol–water partition coefficient (Wildman–Crippen LogP) is 5.06. The number of Topliss-reactive ketones (excluding diaryl/α,β-unsaturated/α-hetero) is 1. The van der Waals surface area contributed by atoms with Crippen molar-refractivity contribution < 1.29 is 9.18 Å². The average Bonchev–Trinajstić information content (AvgIpc) is 2.87. The summed E-state index contributed by atoms with van der Waals surface area (Å²) >= 11 is 0. The zero-order chi connectivity index (χ0) is 16.6. The fourth-order valence-electron chi connectivity index (χ4n) is 2.77. The van der Waals surface area contributed by atoms with Gasteiger partial charge in [0.15, 0.2) is 5.78 Å². The van der Waals surface area contributed by atoms with E-state index in [0.29, 0.717) is 17.7 Å². The fraction of sp³-hybridized carbons (Fsp3) is 0.250. The molecule has 0 saturated heterocycles. The third-order valence-corrected chi connectivity index (χ3v) is 4.01. The minimum absolute atomic E-state index is 0.0981. The summed E-state index contributed by atoms with van der Waals surface area (Å²) in [6.07, 6.45) is 1.85. The van der Waals surface area contributed by atoms with Gasteiger partial charge in [0.1, 0.15) is 5.82 Å². The standard InChI is InChI=1S/C20H20FNO/c1-20(2,3)19(23)16-13-22(18-11-7-5-9-15(16)18)12-14-8-4-6-10-17(14)21/h4-11,13H,12H2,1-3H3. The predicted molar refractivity (Wildman–Crippen MR) is 91.2 cm³/mol. The van der Waals surface area contributed by atoms with E-state index in [9.17, 15) is 9.18 Å². The first kappa shape index (κ1) is 15.5. The molecule has 0 aliphatic rings. The van der Waals surface area contributed by atoms with Crippen molar-refractivity contribution in [2.75, 3.05) is 0 Å². The van der Waals surface area contributed by atoms with E-state index in [1.54, 1.807) is 12.1 Å². The van der Waals surface area contributed by atoms with Gasteiger partial charge in [0.2, 0.25) is 0 Å². The second-order valence-electron chi connectivity index (χ2n) is 6.86. The van der Waals surface area contributed by atoms with Gasteiger partial charge in [-0.3, -0.25) is 4.79 Å². The van der Waals surface area contributed by atoms with Crippen LogP contribution in [-0.2, 0) is 6.54 Å². The number of aromatic nitrogens is 1. The Balaban J connectivity index is 2.12. The number of hydrogen-bond donors (Lipinski definition) is 0. The van der Waals surface area contributed by atoms with Gasteiger partial charge in [0.25, 0.3) is 0 Å². The van der Waals surface area contributed by atoms with E-state index in [0.717, 1.165) is 10.9 Å². The summed E-state index contributed by atoms with van der Waals surface area (Å²) in [5, 5.41) is 0.920. The molecule has 3 heteroatoms. The number of nitrogens with zero attached hydrogens (tertiary/aromatic N) is 1. The number of carbonyl (C=O) groups excluding carboxylic acids is 1. The molecule has 3 aromatic rings. The van der Waals surface area contributed by atoms with Crippen LogP contribution in [0, 0.1) is 11.2 Å². The maximum atomic E-state index is 13.9. The molecule has 2 aromatic carbocycles. The highest BCUT2D eigenvalue weighted by atomic mass is 19.1. The van der Waals surface area contributed by atoms with Crippen molar-refractivity contribution in [2.24, 2.45) is 5.41 Å². The van der Waals surface area contributed by atoms with Crippen LogP contribution in [0.15, 0.2) is 54.7 Å². The van der Waals surface area contributed by atoms with Gasteiger partial charge in [-0.1, -0.05) is 57.2 Å². The Morgan fingerprint density at radius 3 is 2.39 bits per heavy atom. The molecule has 0 amide bonds. The maximum absolute atomic E-state index is 13.9. The average molecular weight is 309 g/mol. The Morgan fingerprint density at radius 1 is 1.04 bits per heavy atom. The van der Waals surface area contributed by atoms with E-state index in [-0.39, 0.29) is 11.6 Å². The lowest BCUT2D eigenvalue weighted by Gasteiger charge is -2.15. The van der Waals surface area contributed by atoms with Crippen LogP contribution in [0.3, 0.4) is 0 Å². The number of fused-ring (bicyclic) bond motifs is 1. The van der Waals surface area contributed by atoms with E-state index < -0.39 is 5.41 Å². The third-order valence-electron chi connectivity index (χ3n) is 4.01. The summed E-state index contributed by atoms with van der Waals surface area (Å²) in [5.74, 6) is -0.130. The molecule has 0 aliphatic carbocycles. The highest BCUT2D eigenvalue weighted by molar-refractivity contribution is 6.10. The smallest absolute Gasteiger partial charge is 0.170 e. The summed E-state index contributed by atoms with van der Waals surface area (Å²) in [6.45, 7) is 6.15. The molecule has 0 bridgehead atoms. The molecule has 0 fully saturated rings. The molecule has 1 heterocycles. The van der Waals surface area contributed by atoms with Crippen LogP contribution in [0.25, 0.3) is 10.9 Å². The Morgan fingerprint density at radius 2 is 1.70 bits per heavy atom. The van der Waals surface area contributed by atoms with Crippen molar-refractivity contribution in [2.45, 2.75) is 27.3 Å². The summed E-state index contributed by atoms with van der Waals surface area (Å²) in [6, 6.07) is 14.5. The topological polar surface area (TPSA) is 22.0 Å². The van der Waals surface area contributed by atoms with E-state index in [1.165, 1.54) is 6.07 Å². The Labute approximate surface area is 135 Å². The van der Waals surface area contributed by atoms with Crippen LogP contribution in [0.4, 0.5) is 4.39 Å². The van der Waals surface area contributed by atoms with Crippen molar-refractivity contribution in [1.82, 2.24) is 4.57 Å². The van der Waals surface area contributed by atoms with Crippen molar-refractivity contribution >= 4 is 16.7 Å². The van der Waals surface area contributed by atoms with E-state index in [4.69, 9.17) is 0 Å². The third kappa shape index (κ3) is 2.91. The van der Waals surface area contributed by atoms with Gasteiger partial charge in [0.05, 0.1) is 6.54 Å². The molecule has 0 spiro atoms. The summed E-state index contributed by atoms with van der Waals surface area (Å²) < 4.78 is 15.9. The van der Waals surface area contributed by atoms with Gasteiger partial charge >= 0.3 is 0 Å². The first-order valence-corrected chi connectivity index (χ1v) is 7.74. The van der Waals surface area contributed by atoms with Crippen molar-refractivity contribution in [3.8, 4) is 0 Å². The second kappa shape index (κ2) is 5.65. The molecule has 0 N–H and O–H groups in total. The molecular weight excluding hydrogens is 289 g/mol. The number of ketones is 1. The van der Waals surface area contributed by atoms with Crippen LogP contribution in [0.5, 0.6) is 0 Å². The van der Waals surface area contributed by atoms with E-state index in [1.807, 2.05) is 61.9 Å². The Bertz CT molecular complexity index is 871. The molecule has 3 rings (SSSR count). The normalized spacial score (nSPS) is 11.8. The minimum atomic E-state index is -0.451.